The first-order valence-corrected chi connectivity index (χ1v) is 9.72. The zero-order valence-electron chi connectivity index (χ0n) is 14.7. The number of pyridine rings is 1. The largest absolute Gasteiger partial charge is 0.744 e. The van der Waals surface area contributed by atoms with Crippen LogP contribution in [0.5, 0.6) is 0 Å². The molecular formula is C19H27NO3S. The normalized spacial score (nSPS) is 10.8. The molecule has 0 atom stereocenters. The average Bonchev–Trinajstić information content (AvgIpc) is 2.52. The van der Waals surface area contributed by atoms with Gasteiger partial charge in [-0.05, 0) is 38.5 Å². The summed E-state index contributed by atoms with van der Waals surface area (Å²) in [4.78, 5) is -0.178. The third-order valence-corrected chi connectivity index (χ3v) is 4.44. The fraction of sp³-hybridized carbons (Fsp3) is 0.421. The lowest BCUT2D eigenvalue weighted by molar-refractivity contribution is -0.697. The lowest BCUT2D eigenvalue weighted by Crippen LogP contribution is -2.32. The molecule has 0 fully saturated rings. The molecule has 0 aliphatic rings. The minimum absolute atomic E-state index is 0.178. The van der Waals surface area contributed by atoms with E-state index in [2.05, 4.69) is 42.9 Å². The molecule has 2 rings (SSSR count). The molecule has 5 heteroatoms. The number of benzene rings is 1. The predicted octanol–water partition coefficient (Wildman–Crippen LogP) is 3.76. The van der Waals surface area contributed by atoms with Crippen molar-refractivity contribution in [3.8, 4) is 0 Å². The molecule has 0 unspecified atom stereocenters. The molecule has 24 heavy (non-hydrogen) atoms. The van der Waals surface area contributed by atoms with Crippen LogP contribution in [0.3, 0.4) is 0 Å². The third-order valence-electron chi connectivity index (χ3n) is 3.59. The van der Waals surface area contributed by atoms with Crippen LogP contribution in [0.15, 0.2) is 53.7 Å². The Morgan fingerprint density at radius 3 is 2.17 bits per heavy atom. The first-order valence-electron chi connectivity index (χ1n) is 8.31. The molecule has 4 nitrogen and oxygen atoms in total. The monoisotopic (exact) mass is 349 g/mol. The number of hydrogen-bond acceptors (Lipinski definition) is 3. The van der Waals surface area contributed by atoms with E-state index in [0.717, 1.165) is 5.56 Å². The Balaban J connectivity index is 0.000000243. The van der Waals surface area contributed by atoms with E-state index in [4.69, 9.17) is 0 Å². The summed E-state index contributed by atoms with van der Waals surface area (Å²) in [5.74, 6) is 0. The van der Waals surface area contributed by atoms with Crippen LogP contribution in [-0.2, 0) is 16.7 Å². The van der Waals surface area contributed by atoms with Crippen LogP contribution in [0.25, 0.3) is 0 Å². The van der Waals surface area contributed by atoms with Crippen molar-refractivity contribution in [2.24, 2.45) is 0 Å². The summed E-state index contributed by atoms with van der Waals surface area (Å²) in [6.45, 7) is 7.38. The van der Waals surface area contributed by atoms with Crippen LogP contribution in [0.4, 0.5) is 0 Å². The number of nitrogens with zero attached hydrogens (tertiary/aromatic N) is 1. The molecule has 0 saturated carbocycles. The number of aromatic nitrogens is 1. The fourth-order valence-electron chi connectivity index (χ4n) is 2.22. The third kappa shape index (κ3) is 8.22. The van der Waals surface area contributed by atoms with Gasteiger partial charge in [0.1, 0.15) is 16.7 Å². The quantitative estimate of drug-likeness (QED) is 0.453. The molecule has 0 amide bonds. The molecule has 0 radical (unpaired) electrons. The van der Waals surface area contributed by atoms with Crippen molar-refractivity contribution in [3.05, 3.63) is 59.9 Å². The molecule has 0 aliphatic heterocycles. The topological polar surface area (TPSA) is 61.1 Å². The number of aryl methyl sites for hydroxylation is 3. The summed E-state index contributed by atoms with van der Waals surface area (Å²) < 4.78 is 33.4. The van der Waals surface area contributed by atoms with Gasteiger partial charge in [0, 0.05) is 18.1 Å². The Bertz CT molecular complexity index is 710. The van der Waals surface area contributed by atoms with Gasteiger partial charge in [-0.1, -0.05) is 37.5 Å². The van der Waals surface area contributed by atoms with Gasteiger partial charge < -0.3 is 4.55 Å². The summed E-state index contributed by atoms with van der Waals surface area (Å²) in [6, 6.07) is 10.0. The zero-order valence-corrected chi connectivity index (χ0v) is 15.6. The second kappa shape index (κ2) is 10.2. The van der Waals surface area contributed by atoms with Gasteiger partial charge in [0.2, 0.25) is 0 Å². The van der Waals surface area contributed by atoms with E-state index in [0.29, 0.717) is 0 Å². The Morgan fingerprint density at radius 1 is 0.958 bits per heavy atom. The van der Waals surface area contributed by atoms with Gasteiger partial charge >= 0.3 is 0 Å². The summed E-state index contributed by atoms with van der Waals surface area (Å²) in [7, 11) is -4.27. The van der Waals surface area contributed by atoms with Gasteiger partial charge in [0.15, 0.2) is 12.4 Å². The maximum absolute atomic E-state index is 10.4. The highest BCUT2D eigenvalue weighted by Gasteiger charge is 1.99. The first-order chi connectivity index (χ1) is 11.3. The van der Waals surface area contributed by atoms with Crippen molar-refractivity contribution < 1.29 is 17.5 Å². The van der Waals surface area contributed by atoms with Crippen molar-refractivity contribution >= 4 is 10.1 Å². The van der Waals surface area contributed by atoms with E-state index < -0.39 is 10.1 Å². The standard InChI is InChI=1S/C12H20N.C7H8O3S/c1-3-4-5-6-9-13-10-7-8-12(2)11-13;1-6-2-4-7(5-3-6)11(8,9)10/h7-8,10-11H,3-6,9H2,1-2H3;2-5H,1H3,(H,8,9,10)/q+1;/p-1. The van der Waals surface area contributed by atoms with Crippen molar-refractivity contribution in [1.82, 2.24) is 0 Å². The Morgan fingerprint density at radius 2 is 1.62 bits per heavy atom. The van der Waals surface area contributed by atoms with Crippen molar-refractivity contribution in [3.63, 3.8) is 0 Å². The van der Waals surface area contributed by atoms with E-state index in [-0.39, 0.29) is 4.90 Å². The summed E-state index contributed by atoms with van der Waals surface area (Å²) in [5, 5.41) is 0. The number of hydrogen-bond donors (Lipinski definition) is 0. The van der Waals surface area contributed by atoms with E-state index in [1.807, 2.05) is 6.92 Å². The fourth-order valence-corrected chi connectivity index (χ4v) is 2.69. The highest BCUT2D eigenvalue weighted by Crippen LogP contribution is 2.08. The van der Waals surface area contributed by atoms with Gasteiger partial charge in [-0.25, -0.2) is 13.0 Å². The van der Waals surface area contributed by atoms with E-state index >= 15 is 0 Å². The first kappa shape index (κ1) is 20.3. The van der Waals surface area contributed by atoms with E-state index in [1.165, 1.54) is 49.9 Å². The maximum Gasteiger partial charge on any atom is 0.171 e. The molecule has 2 aromatic rings. The summed E-state index contributed by atoms with van der Waals surface area (Å²) in [6.07, 6.45) is 9.72. The van der Waals surface area contributed by atoms with Gasteiger partial charge in [0.05, 0.1) is 4.90 Å². The van der Waals surface area contributed by atoms with Crippen molar-refractivity contribution in [2.75, 3.05) is 0 Å². The Hall–Kier alpha value is -1.72. The lowest BCUT2D eigenvalue weighted by Gasteiger charge is -2.05. The van der Waals surface area contributed by atoms with Crippen LogP contribution in [0, 0.1) is 13.8 Å². The highest BCUT2D eigenvalue weighted by atomic mass is 32.2. The summed E-state index contributed by atoms with van der Waals surface area (Å²) in [5.41, 5.74) is 2.27. The minimum Gasteiger partial charge on any atom is -0.744 e. The van der Waals surface area contributed by atoms with E-state index in [1.54, 1.807) is 12.1 Å². The molecule has 0 N–H and O–H groups in total. The molecule has 0 bridgehead atoms. The Kier molecular flexibility index (Phi) is 8.65. The molecule has 1 aromatic carbocycles. The number of unbranched alkanes of at least 4 members (excludes halogenated alkanes) is 3. The van der Waals surface area contributed by atoms with Crippen LogP contribution in [-0.4, -0.2) is 13.0 Å². The van der Waals surface area contributed by atoms with Crippen LogP contribution >= 0.6 is 0 Å². The second-order valence-corrected chi connectivity index (χ2v) is 7.33. The molecule has 0 aliphatic carbocycles. The highest BCUT2D eigenvalue weighted by molar-refractivity contribution is 7.85. The van der Waals surface area contributed by atoms with Crippen LogP contribution < -0.4 is 4.57 Å². The number of rotatable bonds is 6. The van der Waals surface area contributed by atoms with Crippen LogP contribution in [0.1, 0.15) is 43.7 Å². The predicted molar refractivity (Wildman–Crippen MR) is 94.7 cm³/mol. The minimum atomic E-state index is -4.27. The SMILES string of the molecule is CCCCCC[n+]1cccc(C)c1.Cc1ccc(S(=O)(=O)[O-])cc1. The molecule has 1 aromatic heterocycles. The lowest BCUT2D eigenvalue weighted by atomic mass is 10.2. The van der Waals surface area contributed by atoms with Gasteiger partial charge in [-0.3, -0.25) is 0 Å². The zero-order chi connectivity index (χ0) is 18.0. The molecular weight excluding hydrogens is 322 g/mol. The average molecular weight is 349 g/mol. The second-order valence-electron chi connectivity index (χ2n) is 5.95. The van der Waals surface area contributed by atoms with E-state index in [9.17, 15) is 13.0 Å². The Labute approximate surface area is 145 Å². The van der Waals surface area contributed by atoms with Crippen LogP contribution in [0.2, 0.25) is 0 Å². The molecule has 1 heterocycles. The van der Waals surface area contributed by atoms with Gasteiger partial charge in [-0.15, -0.1) is 0 Å². The van der Waals surface area contributed by atoms with Crippen molar-refractivity contribution in [2.45, 2.75) is 57.9 Å². The van der Waals surface area contributed by atoms with Gasteiger partial charge in [-0.2, -0.15) is 0 Å². The smallest absolute Gasteiger partial charge is 0.171 e. The molecule has 0 saturated heterocycles. The van der Waals surface area contributed by atoms with Crippen molar-refractivity contribution in [1.29, 1.82) is 0 Å². The molecule has 132 valence electrons. The molecule has 0 spiro atoms. The maximum atomic E-state index is 10.4. The summed E-state index contributed by atoms with van der Waals surface area (Å²) >= 11 is 0. The van der Waals surface area contributed by atoms with Gasteiger partial charge in [0.25, 0.3) is 0 Å².